The molecule has 0 radical (unpaired) electrons. The summed E-state index contributed by atoms with van der Waals surface area (Å²) in [5.74, 6) is 0. The van der Waals surface area contributed by atoms with Crippen molar-refractivity contribution in [3.05, 3.63) is 70.9 Å². The van der Waals surface area contributed by atoms with E-state index in [1.165, 1.54) is 33.3 Å². The SMILES string of the molecule is C[C@H]1Cc2c([nH]c3ccccc23)[C@@H]2c3ccccc3CN21. The van der Waals surface area contributed by atoms with Gasteiger partial charge in [-0.05, 0) is 36.1 Å². The first-order chi connectivity index (χ1) is 10.3. The van der Waals surface area contributed by atoms with Crippen molar-refractivity contribution >= 4 is 10.9 Å². The Morgan fingerprint density at radius 3 is 2.81 bits per heavy atom. The van der Waals surface area contributed by atoms with E-state index >= 15 is 0 Å². The average molecular weight is 274 g/mol. The molecular formula is C19H18N2. The predicted octanol–water partition coefficient (Wildman–Crippen LogP) is 4.02. The maximum Gasteiger partial charge on any atom is 0.0765 e. The van der Waals surface area contributed by atoms with E-state index in [0.717, 1.165) is 13.0 Å². The first-order valence-corrected chi connectivity index (χ1v) is 7.76. The van der Waals surface area contributed by atoms with Gasteiger partial charge in [0, 0.05) is 29.2 Å². The van der Waals surface area contributed by atoms with Crippen LogP contribution in [0.1, 0.15) is 35.3 Å². The van der Waals surface area contributed by atoms with Gasteiger partial charge in [-0.15, -0.1) is 0 Å². The molecule has 21 heavy (non-hydrogen) atoms. The van der Waals surface area contributed by atoms with Crippen molar-refractivity contribution in [2.24, 2.45) is 0 Å². The third-order valence-corrected chi connectivity index (χ3v) is 5.22. The van der Waals surface area contributed by atoms with E-state index in [9.17, 15) is 0 Å². The molecule has 104 valence electrons. The van der Waals surface area contributed by atoms with Gasteiger partial charge in [-0.3, -0.25) is 4.90 Å². The normalized spacial score (nSPS) is 23.9. The lowest BCUT2D eigenvalue weighted by atomic mass is 9.91. The van der Waals surface area contributed by atoms with Crippen molar-refractivity contribution in [3.63, 3.8) is 0 Å². The molecule has 3 heterocycles. The molecule has 2 aliphatic heterocycles. The molecule has 2 aromatic carbocycles. The molecule has 0 unspecified atom stereocenters. The highest BCUT2D eigenvalue weighted by Crippen LogP contribution is 2.46. The smallest absolute Gasteiger partial charge is 0.0765 e. The summed E-state index contributed by atoms with van der Waals surface area (Å²) < 4.78 is 0. The van der Waals surface area contributed by atoms with Gasteiger partial charge in [0.15, 0.2) is 0 Å². The Labute approximate surface area is 124 Å². The highest BCUT2D eigenvalue weighted by molar-refractivity contribution is 5.85. The minimum Gasteiger partial charge on any atom is -0.357 e. The monoisotopic (exact) mass is 274 g/mol. The van der Waals surface area contributed by atoms with Crippen molar-refractivity contribution in [2.75, 3.05) is 0 Å². The van der Waals surface area contributed by atoms with Crippen LogP contribution in [-0.2, 0) is 13.0 Å². The van der Waals surface area contributed by atoms with Gasteiger partial charge in [-0.1, -0.05) is 42.5 Å². The van der Waals surface area contributed by atoms with E-state index in [1.807, 2.05) is 0 Å². The average Bonchev–Trinajstić information content (AvgIpc) is 3.06. The highest BCUT2D eigenvalue weighted by Gasteiger charge is 2.40. The largest absolute Gasteiger partial charge is 0.357 e. The number of hydrogen-bond acceptors (Lipinski definition) is 1. The van der Waals surface area contributed by atoms with Crippen LogP contribution < -0.4 is 0 Å². The standard InChI is InChI=1S/C19H18N2/c1-12-10-16-15-8-4-5-9-17(15)20-18(16)19-14-7-3-2-6-13(14)11-21(12)19/h2-9,12,19-20H,10-11H2,1H3/t12-,19-/m0/s1. The molecule has 0 bridgehead atoms. The lowest BCUT2D eigenvalue weighted by Gasteiger charge is -2.36. The molecule has 2 atom stereocenters. The van der Waals surface area contributed by atoms with Crippen LogP contribution in [0, 0.1) is 0 Å². The molecule has 5 rings (SSSR count). The molecule has 0 saturated carbocycles. The molecule has 0 spiro atoms. The summed E-state index contributed by atoms with van der Waals surface area (Å²) in [6.07, 6.45) is 1.14. The Hall–Kier alpha value is -2.06. The Morgan fingerprint density at radius 2 is 1.86 bits per heavy atom. The van der Waals surface area contributed by atoms with Crippen LogP contribution in [0.4, 0.5) is 0 Å². The number of nitrogens with zero attached hydrogens (tertiary/aromatic N) is 1. The summed E-state index contributed by atoms with van der Waals surface area (Å²) in [4.78, 5) is 6.35. The Morgan fingerprint density at radius 1 is 1.05 bits per heavy atom. The van der Waals surface area contributed by atoms with Gasteiger partial charge < -0.3 is 4.98 Å². The summed E-state index contributed by atoms with van der Waals surface area (Å²) in [6.45, 7) is 3.44. The van der Waals surface area contributed by atoms with E-state index in [1.54, 1.807) is 0 Å². The van der Waals surface area contributed by atoms with Crippen molar-refractivity contribution in [2.45, 2.75) is 32.0 Å². The van der Waals surface area contributed by atoms with Gasteiger partial charge in [-0.2, -0.15) is 0 Å². The molecular weight excluding hydrogens is 256 g/mol. The fourth-order valence-electron chi connectivity index (χ4n) is 4.23. The van der Waals surface area contributed by atoms with Crippen molar-refractivity contribution in [3.8, 4) is 0 Å². The van der Waals surface area contributed by atoms with E-state index in [2.05, 4.69) is 65.3 Å². The second-order valence-corrected chi connectivity index (χ2v) is 6.39. The number of aromatic amines is 1. The molecule has 0 amide bonds. The number of H-pyrrole nitrogens is 1. The van der Waals surface area contributed by atoms with Gasteiger partial charge in [0.05, 0.1) is 6.04 Å². The highest BCUT2D eigenvalue weighted by atomic mass is 15.2. The summed E-state index contributed by atoms with van der Waals surface area (Å²) in [5, 5.41) is 1.41. The van der Waals surface area contributed by atoms with Gasteiger partial charge in [-0.25, -0.2) is 0 Å². The molecule has 3 aromatic rings. The van der Waals surface area contributed by atoms with Gasteiger partial charge >= 0.3 is 0 Å². The predicted molar refractivity (Wildman–Crippen MR) is 85.3 cm³/mol. The van der Waals surface area contributed by atoms with Gasteiger partial charge in [0.1, 0.15) is 0 Å². The summed E-state index contributed by atoms with van der Waals surface area (Å²) >= 11 is 0. The quantitative estimate of drug-likeness (QED) is 0.656. The Balaban J connectivity index is 1.80. The van der Waals surface area contributed by atoms with Crippen LogP contribution in [-0.4, -0.2) is 15.9 Å². The number of hydrogen-bond donors (Lipinski definition) is 1. The zero-order valence-electron chi connectivity index (χ0n) is 12.1. The maximum absolute atomic E-state index is 3.71. The van der Waals surface area contributed by atoms with E-state index in [-0.39, 0.29) is 0 Å². The number of fused-ring (bicyclic) bond motifs is 7. The maximum atomic E-state index is 3.71. The number of benzene rings is 2. The zero-order chi connectivity index (χ0) is 14.0. The van der Waals surface area contributed by atoms with E-state index in [0.29, 0.717) is 12.1 Å². The Kier molecular flexibility index (Phi) is 2.20. The van der Waals surface area contributed by atoms with Crippen LogP contribution in [0.15, 0.2) is 48.5 Å². The lowest BCUT2D eigenvalue weighted by Crippen LogP contribution is -2.38. The first-order valence-electron chi connectivity index (χ1n) is 7.76. The number of rotatable bonds is 0. The molecule has 0 aliphatic carbocycles. The summed E-state index contributed by atoms with van der Waals surface area (Å²) in [6, 6.07) is 18.6. The fraction of sp³-hybridized carbons (Fsp3) is 0.263. The van der Waals surface area contributed by atoms with E-state index in [4.69, 9.17) is 0 Å². The molecule has 0 saturated heterocycles. The number of nitrogens with one attached hydrogen (secondary N) is 1. The first kappa shape index (κ1) is 11.6. The third kappa shape index (κ3) is 1.46. The van der Waals surface area contributed by atoms with Crippen LogP contribution in [0.5, 0.6) is 0 Å². The molecule has 2 aliphatic rings. The van der Waals surface area contributed by atoms with Crippen LogP contribution in [0.25, 0.3) is 10.9 Å². The number of aromatic nitrogens is 1. The second-order valence-electron chi connectivity index (χ2n) is 6.39. The van der Waals surface area contributed by atoms with Crippen LogP contribution >= 0.6 is 0 Å². The molecule has 2 nitrogen and oxygen atoms in total. The molecule has 1 aromatic heterocycles. The molecule has 0 fully saturated rings. The minimum atomic E-state index is 0.410. The van der Waals surface area contributed by atoms with Crippen molar-refractivity contribution in [1.82, 2.24) is 9.88 Å². The zero-order valence-corrected chi connectivity index (χ0v) is 12.1. The van der Waals surface area contributed by atoms with Crippen LogP contribution in [0.3, 0.4) is 0 Å². The second kappa shape index (κ2) is 3.99. The summed E-state index contributed by atoms with van der Waals surface area (Å²) in [7, 11) is 0. The number of para-hydroxylation sites is 1. The topological polar surface area (TPSA) is 19.0 Å². The van der Waals surface area contributed by atoms with Gasteiger partial charge in [0.2, 0.25) is 0 Å². The third-order valence-electron chi connectivity index (χ3n) is 5.22. The fourth-order valence-corrected chi connectivity index (χ4v) is 4.23. The van der Waals surface area contributed by atoms with E-state index < -0.39 is 0 Å². The summed E-state index contributed by atoms with van der Waals surface area (Å²) in [5.41, 5.74) is 7.19. The van der Waals surface area contributed by atoms with Gasteiger partial charge in [0.25, 0.3) is 0 Å². The van der Waals surface area contributed by atoms with Crippen molar-refractivity contribution < 1.29 is 0 Å². The Bertz CT molecular complexity index is 846. The van der Waals surface area contributed by atoms with Crippen molar-refractivity contribution in [1.29, 1.82) is 0 Å². The lowest BCUT2D eigenvalue weighted by molar-refractivity contribution is 0.162. The molecule has 2 heteroatoms. The molecule has 1 N–H and O–H groups in total. The van der Waals surface area contributed by atoms with Crippen LogP contribution in [0.2, 0.25) is 0 Å². The minimum absolute atomic E-state index is 0.410.